The summed E-state index contributed by atoms with van der Waals surface area (Å²) < 4.78 is 34.1. The van der Waals surface area contributed by atoms with E-state index in [1.165, 1.54) is 10.6 Å². The number of rotatable bonds is 7. The van der Waals surface area contributed by atoms with Crippen LogP contribution in [0.3, 0.4) is 0 Å². The molecule has 0 saturated carbocycles. The Balaban J connectivity index is 1.43. The van der Waals surface area contributed by atoms with Gasteiger partial charge in [-0.2, -0.15) is 5.10 Å². The van der Waals surface area contributed by atoms with Gasteiger partial charge in [-0.15, -0.1) is 0 Å². The van der Waals surface area contributed by atoms with Crippen molar-refractivity contribution in [1.29, 1.82) is 0 Å². The smallest absolute Gasteiger partial charge is 0.285 e. The van der Waals surface area contributed by atoms with Gasteiger partial charge in [0.05, 0.1) is 53.7 Å². The van der Waals surface area contributed by atoms with Gasteiger partial charge in [0.1, 0.15) is 11.0 Å². The number of hydrogen-bond acceptors (Lipinski definition) is 9. The molecule has 0 unspecified atom stereocenters. The van der Waals surface area contributed by atoms with Gasteiger partial charge in [0.2, 0.25) is 10.0 Å². The SMILES string of the molecule is Cc1cc([C@@H](C)Nc2ccc(Cl)nc2C(=O)NS(C)(=O)=O)c2nc(-c3ccc4nn(C5COC5)cc4c3)n(C)c(=O)c2c1. The van der Waals surface area contributed by atoms with Crippen molar-refractivity contribution in [3.63, 3.8) is 0 Å². The Morgan fingerprint density at radius 1 is 1.14 bits per heavy atom. The normalized spacial score (nSPS) is 14.5. The van der Waals surface area contributed by atoms with Crippen molar-refractivity contribution < 1.29 is 17.9 Å². The first-order valence-electron chi connectivity index (χ1n) is 13.4. The molecule has 2 N–H and O–H groups in total. The Morgan fingerprint density at radius 3 is 2.60 bits per heavy atom. The molecule has 222 valence electrons. The summed E-state index contributed by atoms with van der Waals surface area (Å²) in [6.45, 7) is 5.00. The van der Waals surface area contributed by atoms with E-state index in [4.69, 9.17) is 21.3 Å². The van der Waals surface area contributed by atoms with Crippen molar-refractivity contribution >= 4 is 55.0 Å². The lowest BCUT2D eigenvalue weighted by Gasteiger charge is -2.25. The van der Waals surface area contributed by atoms with E-state index in [0.717, 1.165) is 28.3 Å². The van der Waals surface area contributed by atoms with Gasteiger partial charge in [-0.25, -0.2) is 23.1 Å². The number of hydrogen-bond donors (Lipinski definition) is 2. The molecule has 5 aromatic rings. The van der Waals surface area contributed by atoms with E-state index in [0.29, 0.717) is 35.5 Å². The predicted molar refractivity (Wildman–Crippen MR) is 164 cm³/mol. The molecule has 12 nitrogen and oxygen atoms in total. The molecule has 43 heavy (non-hydrogen) atoms. The molecule has 4 heterocycles. The molecule has 3 aromatic heterocycles. The molecule has 0 bridgehead atoms. The van der Waals surface area contributed by atoms with E-state index in [-0.39, 0.29) is 28.1 Å². The fourth-order valence-corrected chi connectivity index (χ4v) is 5.72. The largest absolute Gasteiger partial charge is 0.377 e. The summed E-state index contributed by atoms with van der Waals surface area (Å²) in [6, 6.07) is 12.3. The Hall–Kier alpha value is -4.33. The van der Waals surface area contributed by atoms with Crippen molar-refractivity contribution in [3.05, 3.63) is 81.0 Å². The van der Waals surface area contributed by atoms with E-state index in [1.807, 2.05) is 53.7 Å². The maximum atomic E-state index is 13.7. The third-order valence-electron chi connectivity index (χ3n) is 7.32. The van der Waals surface area contributed by atoms with Crippen LogP contribution in [0.5, 0.6) is 0 Å². The summed E-state index contributed by atoms with van der Waals surface area (Å²) in [6.07, 6.45) is 2.85. The van der Waals surface area contributed by atoms with Crippen LogP contribution >= 0.6 is 11.6 Å². The van der Waals surface area contributed by atoms with Crippen molar-refractivity contribution in [1.82, 2.24) is 29.0 Å². The van der Waals surface area contributed by atoms with E-state index in [1.54, 1.807) is 19.2 Å². The van der Waals surface area contributed by atoms with E-state index in [9.17, 15) is 18.0 Å². The Morgan fingerprint density at radius 2 is 1.91 bits per heavy atom. The number of aromatic nitrogens is 5. The maximum Gasteiger partial charge on any atom is 0.285 e. The number of nitrogens with one attached hydrogen (secondary N) is 2. The molecule has 2 aromatic carbocycles. The minimum absolute atomic E-state index is 0.0243. The van der Waals surface area contributed by atoms with Crippen LogP contribution in [-0.4, -0.2) is 58.1 Å². The number of amides is 1. The van der Waals surface area contributed by atoms with Crippen LogP contribution in [-0.2, 0) is 21.8 Å². The zero-order valence-corrected chi connectivity index (χ0v) is 25.3. The molecule has 0 radical (unpaired) electrons. The lowest BCUT2D eigenvalue weighted by atomic mass is 10.0. The highest BCUT2D eigenvalue weighted by Crippen LogP contribution is 2.30. The van der Waals surface area contributed by atoms with Crippen molar-refractivity contribution in [3.8, 4) is 11.4 Å². The lowest BCUT2D eigenvalue weighted by Crippen LogP contribution is -2.31. The minimum Gasteiger partial charge on any atom is -0.377 e. The molecule has 1 aliphatic rings. The molecule has 6 rings (SSSR count). The first-order valence-corrected chi connectivity index (χ1v) is 15.7. The van der Waals surface area contributed by atoms with E-state index < -0.39 is 22.0 Å². The molecular formula is C29H28ClN7O5S. The first kappa shape index (κ1) is 28.8. The molecule has 1 amide bonds. The van der Waals surface area contributed by atoms with E-state index >= 15 is 0 Å². The van der Waals surface area contributed by atoms with Crippen LogP contribution in [0.15, 0.2) is 53.5 Å². The van der Waals surface area contributed by atoms with Gasteiger partial charge < -0.3 is 10.1 Å². The maximum absolute atomic E-state index is 13.7. The number of fused-ring (bicyclic) bond motifs is 2. The zero-order valence-electron chi connectivity index (χ0n) is 23.8. The highest BCUT2D eigenvalue weighted by Gasteiger charge is 2.23. The second kappa shape index (κ2) is 10.7. The van der Waals surface area contributed by atoms with Gasteiger partial charge in [-0.05, 0) is 55.8 Å². The number of sulfonamides is 1. The van der Waals surface area contributed by atoms with Gasteiger partial charge in [0, 0.05) is 29.8 Å². The van der Waals surface area contributed by atoms with Gasteiger partial charge in [0.25, 0.3) is 11.5 Å². The van der Waals surface area contributed by atoms with Crippen LogP contribution < -0.4 is 15.6 Å². The van der Waals surface area contributed by atoms with Gasteiger partial charge in [-0.1, -0.05) is 17.7 Å². The Labute approximate surface area is 251 Å². The topological polar surface area (TPSA) is 150 Å². The van der Waals surface area contributed by atoms with Crippen LogP contribution in [0.2, 0.25) is 5.15 Å². The van der Waals surface area contributed by atoms with Crippen molar-refractivity contribution in [2.24, 2.45) is 7.05 Å². The summed E-state index contributed by atoms with van der Waals surface area (Å²) in [5.41, 5.74) is 3.51. The van der Waals surface area contributed by atoms with Crippen molar-refractivity contribution in [2.45, 2.75) is 25.9 Å². The number of aryl methyl sites for hydroxylation is 1. The van der Waals surface area contributed by atoms with Gasteiger partial charge in [0.15, 0.2) is 5.69 Å². The quantitative estimate of drug-likeness (QED) is 0.259. The monoisotopic (exact) mass is 621 g/mol. The van der Waals surface area contributed by atoms with E-state index in [2.05, 4.69) is 15.4 Å². The average molecular weight is 622 g/mol. The molecule has 1 saturated heterocycles. The fraction of sp³-hybridized carbons (Fsp3) is 0.276. The molecule has 14 heteroatoms. The van der Waals surface area contributed by atoms with Gasteiger partial charge in [-0.3, -0.25) is 18.8 Å². The summed E-state index contributed by atoms with van der Waals surface area (Å²) in [5, 5.41) is 9.28. The van der Waals surface area contributed by atoms with Crippen LogP contribution in [0.25, 0.3) is 33.2 Å². The molecule has 1 atom stereocenters. The van der Waals surface area contributed by atoms with Crippen LogP contribution in [0.4, 0.5) is 5.69 Å². The van der Waals surface area contributed by atoms with Gasteiger partial charge >= 0.3 is 0 Å². The number of nitrogens with zero attached hydrogens (tertiary/aromatic N) is 5. The second-order valence-electron chi connectivity index (χ2n) is 10.7. The Bertz CT molecular complexity index is 2100. The zero-order chi connectivity index (χ0) is 30.6. The first-order chi connectivity index (χ1) is 20.4. The number of ether oxygens (including phenoxy) is 1. The standard InChI is InChI=1S/C29H28ClN7O5S/c1-15-9-20(16(2)31-23-7-8-24(30)32-26(23)28(38)35-43(4,40)41)25-21(10-15)29(39)36(3)27(33-25)17-5-6-22-18(11-17)12-37(34-22)19-13-42-14-19/h5-12,16,19,31H,13-14H2,1-4H3,(H,35,38)/t16-/m1/s1. The highest BCUT2D eigenvalue weighted by molar-refractivity contribution is 7.89. The Kier molecular flexibility index (Phi) is 7.19. The van der Waals surface area contributed by atoms with Crippen molar-refractivity contribution in [2.75, 3.05) is 24.8 Å². The molecule has 0 aliphatic carbocycles. The number of benzene rings is 2. The number of carbonyl (C=O) groups is 1. The summed E-state index contributed by atoms with van der Waals surface area (Å²) >= 11 is 6.03. The third kappa shape index (κ3) is 5.58. The number of pyridine rings is 1. The second-order valence-corrected chi connectivity index (χ2v) is 12.9. The summed E-state index contributed by atoms with van der Waals surface area (Å²) in [4.78, 5) is 35.4. The van der Waals surface area contributed by atoms with Crippen LogP contribution in [0.1, 0.15) is 40.6 Å². The predicted octanol–water partition coefficient (Wildman–Crippen LogP) is 3.74. The number of carbonyl (C=O) groups excluding carboxylic acids is 1. The third-order valence-corrected chi connectivity index (χ3v) is 8.09. The molecule has 1 aliphatic heterocycles. The fourth-order valence-electron chi connectivity index (χ4n) is 5.14. The molecule has 1 fully saturated rings. The minimum atomic E-state index is -3.84. The summed E-state index contributed by atoms with van der Waals surface area (Å²) in [7, 11) is -2.15. The molecular weight excluding hydrogens is 594 g/mol. The number of anilines is 1. The highest BCUT2D eigenvalue weighted by atomic mass is 35.5. The number of halogens is 1. The molecule has 0 spiro atoms. The summed E-state index contributed by atoms with van der Waals surface area (Å²) in [5.74, 6) is -0.440. The lowest BCUT2D eigenvalue weighted by molar-refractivity contribution is -0.0283. The average Bonchev–Trinajstić information content (AvgIpc) is 3.32. The van der Waals surface area contributed by atoms with Crippen LogP contribution in [0, 0.1) is 6.92 Å².